The van der Waals surface area contributed by atoms with Gasteiger partial charge < -0.3 is 16.2 Å². The number of hydrogen-bond acceptors (Lipinski definition) is 5. The second-order valence-electron chi connectivity index (χ2n) is 5.95. The van der Waals surface area contributed by atoms with Gasteiger partial charge in [0.15, 0.2) is 5.65 Å². The number of benzene rings is 1. The lowest BCUT2D eigenvalue weighted by Crippen LogP contribution is -2.14. The van der Waals surface area contributed by atoms with Crippen molar-refractivity contribution < 1.29 is 22.7 Å². The molecule has 0 fully saturated rings. The number of aromatic nitrogens is 3. The minimum atomic E-state index is -4.76. The van der Waals surface area contributed by atoms with Gasteiger partial charge in [0.2, 0.25) is 5.82 Å². The van der Waals surface area contributed by atoms with Crippen molar-refractivity contribution in [3.05, 3.63) is 40.8 Å². The van der Waals surface area contributed by atoms with Gasteiger partial charge in [0.25, 0.3) is 5.91 Å². The summed E-state index contributed by atoms with van der Waals surface area (Å²) in [7, 11) is 1.47. The first-order valence-electron chi connectivity index (χ1n) is 7.76. The molecular formula is C17H16F3N5O2. The highest BCUT2D eigenvalue weighted by atomic mass is 19.4. The maximum atomic E-state index is 13.1. The highest BCUT2D eigenvalue weighted by Crippen LogP contribution is 2.36. The minimum absolute atomic E-state index is 0.0367. The Labute approximate surface area is 151 Å². The van der Waals surface area contributed by atoms with Gasteiger partial charge in [-0.1, -0.05) is 6.07 Å². The summed E-state index contributed by atoms with van der Waals surface area (Å²) in [5, 5.41) is 0.0367. The molecule has 0 bridgehead atoms. The third-order valence-corrected chi connectivity index (χ3v) is 4.27. The number of rotatable bonds is 3. The van der Waals surface area contributed by atoms with E-state index in [-0.39, 0.29) is 22.4 Å². The average molecular weight is 379 g/mol. The molecule has 2 aromatic heterocycles. The molecule has 10 heteroatoms. The molecular weight excluding hydrogens is 363 g/mol. The number of anilines is 1. The number of alkyl halides is 3. The van der Waals surface area contributed by atoms with Crippen LogP contribution in [0.15, 0.2) is 18.3 Å². The van der Waals surface area contributed by atoms with Crippen molar-refractivity contribution in [2.75, 3.05) is 12.8 Å². The van der Waals surface area contributed by atoms with Crippen LogP contribution in [0.5, 0.6) is 5.75 Å². The number of nitrogens with two attached hydrogens (primary N) is 2. The number of carbonyl (C=O) groups excluding carboxylic acids is 1. The second kappa shape index (κ2) is 6.15. The standard InChI is InChI=1S/C17H16F3N5O2/c1-7-4-5-10(27-3)8(2)12(7)25-13(21)11(14(22)26)9-6-23-16(17(18,19)20)24-15(9)25/h4-6H,21H2,1-3H3,(H2,22,26). The first-order chi connectivity index (χ1) is 12.6. The number of ether oxygens (including phenoxy) is 1. The van der Waals surface area contributed by atoms with E-state index in [4.69, 9.17) is 16.2 Å². The Morgan fingerprint density at radius 1 is 1.26 bits per heavy atom. The number of fused-ring (bicyclic) bond motifs is 1. The molecule has 1 aromatic carbocycles. The average Bonchev–Trinajstić information content (AvgIpc) is 2.86. The zero-order chi connectivity index (χ0) is 20.1. The fourth-order valence-corrected chi connectivity index (χ4v) is 3.09. The van der Waals surface area contributed by atoms with E-state index in [1.807, 2.05) is 0 Å². The largest absolute Gasteiger partial charge is 0.496 e. The zero-order valence-corrected chi connectivity index (χ0v) is 14.7. The number of nitrogen functional groups attached to an aromatic ring is 1. The lowest BCUT2D eigenvalue weighted by atomic mass is 10.1. The van der Waals surface area contributed by atoms with E-state index in [0.29, 0.717) is 22.6 Å². The molecule has 0 radical (unpaired) electrons. The molecule has 0 atom stereocenters. The van der Waals surface area contributed by atoms with E-state index in [1.54, 1.807) is 26.0 Å². The summed E-state index contributed by atoms with van der Waals surface area (Å²) >= 11 is 0. The molecule has 1 amide bonds. The van der Waals surface area contributed by atoms with Crippen molar-refractivity contribution >= 4 is 22.8 Å². The van der Waals surface area contributed by atoms with E-state index in [0.717, 1.165) is 6.20 Å². The fourth-order valence-electron chi connectivity index (χ4n) is 3.09. The molecule has 0 aliphatic rings. The van der Waals surface area contributed by atoms with E-state index >= 15 is 0 Å². The molecule has 0 spiro atoms. The van der Waals surface area contributed by atoms with Crippen molar-refractivity contribution in [2.45, 2.75) is 20.0 Å². The minimum Gasteiger partial charge on any atom is -0.496 e. The molecule has 3 aromatic rings. The number of aryl methyl sites for hydroxylation is 1. The highest BCUT2D eigenvalue weighted by Gasteiger charge is 2.36. The SMILES string of the molecule is COc1ccc(C)c(-n2c(N)c(C(N)=O)c3cnc(C(F)(F)F)nc32)c1C. The Balaban J connectivity index is 2.50. The van der Waals surface area contributed by atoms with Gasteiger partial charge in [0.1, 0.15) is 11.6 Å². The van der Waals surface area contributed by atoms with Gasteiger partial charge in [0.05, 0.1) is 23.7 Å². The molecule has 27 heavy (non-hydrogen) atoms. The van der Waals surface area contributed by atoms with Crippen LogP contribution in [0.3, 0.4) is 0 Å². The van der Waals surface area contributed by atoms with Crippen LogP contribution in [0.2, 0.25) is 0 Å². The van der Waals surface area contributed by atoms with Gasteiger partial charge in [-0.3, -0.25) is 9.36 Å². The van der Waals surface area contributed by atoms with Crippen LogP contribution >= 0.6 is 0 Å². The van der Waals surface area contributed by atoms with Crippen molar-refractivity contribution in [2.24, 2.45) is 5.73 Å². The van der Waals surface area contributed by atoms with Crippen LogP contribution in [-0.4, -0.2) is 27.6 Å². The van der Waals surface area contributed by atoms with Crippen molar-refractivity contribution in [3.8, 4) is 11.4 Å². The number of halogens is 3. The zero-order valence-electron chi connectivity index (χ0n) is 14.7. The quantitative estimate of drug-likeness (QED) is 0.727. The molecule has 0 aliphatic heterocycles. The number of nitrogens with zero attached hydrogens (tertiary/aromatic N) is 3. The Morgan fingerprint density at radius 3 is 2.48 bits per heavy atom. The van der Waals surface area contributed by atoms with E-state index in [9.17, 15) is 18.0 Å². The summed E-state index contributed by atoms with van der Waals surface area (Å²) in [6.07, 6.45) is -3.85. The van der Waals surface area contributed by atoms with E-state index in [2.05, 4.69) is 9.97 Å². The maximum absolute atomic E-state index is 13.1. The fraction of sp³-hybridized carbons (Fsp3) is 0.235. The molecule has 0 aliphatic carbocycles. The normalized spacial score (nSPS) is 11.8. The Kier molecular flexibility index (Phi) is 4.21. The third-order valence-electron chi connectivity index (χ3n) is 4.27. The van der Waals surface area contributed by atoms with Crippen molar-refractivity contribution in [3.63, 3.8) is 0 Å². The number of methoxy groups -OCH3 is 1. The maximum Gasteiger partial charge on any atom is 0.451 e. The van der Waals surface area contributed by atoms with Crippen molar-refractivity contribution in [1.82, 2.24) is 14.5 Å². The van der Waals surface area contributed by atoms with Crippen LogP contribution in [0.4, 0.5) is 19.0 Å². The van der Waals surface area contributed by atoms with E-state index < -0.39 is 17.9 Å². The van der Waals surface area contributed by atoms with Crippen LogP contribution in [0.25, 0.3) is 16.7 Å². The van der Waals surface area contributed by atoms with Gasteiger partial charge >= 0.3 is 6.18 Å². The predicted molar refractivity (Wildman–Crippen MR) is 92.8 cm³/mol. The summed E-state index contributed by atoms with van der Waals surface area (Å²) in [5.74, 6) is -1.85. The van der Waals surface area contributed by atoms with Gasteiger partial charge in [-0.25, -0.2) is 9.97 Å². The molecule has 3 rings (SSSR count). The topological polar surface area (TPSA) is 109 Å². The van der Waals surface area contributed by atoms with Gasteiger partial charge in [-0.2, -0.15) is 13.2 Å². The summed E-state index contributed by atoms with van der Waals surface area (Å²) in [6, 6.07) is 3.45. The van der Waals surface area contributed by atoms with Crippen LogP contribution in [-0.2, 0) is 6.18 Å². The Bertz CT molecular complexity index is 1070. The van der Waals surface area contributed by atoms with Crippen molar-refractivity contribution in [1.29, 1.82) is 0 Å². The van der Waals surface area contributed by atoms with Crippen LogP contribution in [0, 0.1) is 13.8 Å². The summed E-state index contributed by atoms with van der Waals surface area (Å²) in [6.45, 7) is 3.48. The molecule has 0 saturated heterocycles. The number of hydrogen-bond donors (Lipinski definition) is 2. The van der Waals surface area contributed by atoms with E-state index in [1.165, 1.54) is 11.7 Å². The Morgan fingerprint density at radius 2 is 1.93 bits per heavy atom. The molecule has 7 nitrogen and oxygen atoms in total. The summed E-state index contributed by atoms with van der Waals surface area (Å²) < 4.78 is 45.9. The molecule has 4 N–H and O–H groups in total. The lowest BCUT2D eigenvalue weighted by Gasteiger charge is -2.17. The number of primary amides is 1. The first-order valence-corrected chi connectivity index (χ1v) is 7.76. The second-order valence-corrected chi connectivity index (χ2v) is 5.95. The van der Waals surface area contributed by atoms with Gasteiger partial charge in [-0.05, 0) is 25.5 Å². The molecule has 0 unspecified atom stereocenters. The lowest BCUT2D eigenvalue weighted by molar-refractivity contribution is -0.144. The number of amides is 1. The van der Waals surface area contributed by atoms with Gasteiger partial charge in [-0.15, -0.1) is 0 Å². The monoisotopic (exact) mass is 379 g/mol. The molecule has 0 saturated carbocycles. The van der Waals surface area contributed by atoms with Crippen LogP contribution < -0.4 is 16.2 Å². The summed E-state index contributed by atoms with van der Waals surface area (Å²) in [4.78, 5) is 18.8. The smallest absolute Gasteiger partial charge is 0.451 e. The third kappa shape index (κ3) is 2.82. The summed E-state index contributed by atoms with van der Waals surface area (Å²) in [5.41, 5.74) is 13.0. The Hall–Kier alpha value is -3.30. The highest BCUT2D eigenvalue weighted by molar-refractivity contribution is 6.10. The molecule has 142 valence electrons. The number of carbonyl (C=O) groups is 1. The van der Waals surface area contributed by atoms with Gasteiger partial charge in [0, 0.05) is 11.8 Å². The molecule has 2 heterocycles. The predicted octanol–water partition coefficient (Wildman–Crippen LogP) is 2.75. The van der Waals surface area contributed by atoms with Crippen LogP contribution in [0.1, 0.15) is 27.3 Å². The first kappa shape index (κ1) is 18.5.